The Morgan fingerprint density at radius 1 is 0.667 bits per heavy atom. The first-order chi connectivity index (χ1) is 31.8. The Morgan fingerprint density at radius 3 is 1.38 bits per heavy atom. The van der Waals surface area contributed by atoms with Gasteiger partial charge in [-0.05, 0) is 38.1 Å². The summed E-state index contributed by atoms with van der Waals surface area (Å²) < 4.78 is 7.08. The molecule has 2 saturated heterocycles. The van der Waals surface area contributed by atoms with Crippen molar-refractivity contribution < 1.29 is 29.4 Å². The molecule has 0 aliphatic carbocycles. The summed E-state index contributed by atoms with van der Waals surface area (Å²) in [7, 11) is 3.77. The second-order valence-electron chi connectivity index (χ2n) is 17.5. The molecular weight excluding hydrogens is 845 g/mol. The topological polar surface area (TPSA) is 219 Å². The second-order valence-corrected chi connectivity index (χ2v) is 17.5. The number of hydrogen-bond acceptors (Lipinski definition) is 10. The summed E-state index contributed by atoms with van der Waals surface area (Å²) in [5.74, 6) is -2.19. The highest BCUT2D eigenvalue weighted by Crippen LogP contribution is 2.50. The number of allylic oxidation sites excluding steroid dienone is 2. The highest BCUT2D eigenvalue weighted by atomic mass is 16.3. The van der Waals surface area contributed by atoms with E-state index in [2.05, 4.69) is 20.6 Å². The molecule has 0 spiro atoms. The van der Waals surface area contributed by atoms with Crippen molar-refractivity contribution >= 4 is 35.8 Å². The molecule has 8 atom stereocenters. The number of carbonyl (C=O) groups excluding carboxylic acids is 4. The molecule has 4 aliphatic heterocycles. The number of pyridine rings is 2. The SMILES string of the molecule is C/C=C/c1ccc2n(c1=O)C[C@H]1[C@H](CO)[C@@H](C(=O)NCCc3cn(C)cn3)N(C(=O)CC)[C@@H]21.C/C=C\c1ccc2n(c1=O)C[C@H]1[C@H](CO)[C@@H](C(=O)NCCc3cn(C)cn3)N(C(=O)CC)[C@@H]21. The largest absolute Gasteiger partial charge is 0.396 e. The van der Waals surface area contributed by atoms with Crippen LogP contribution in [0.1, 0.15) is 86.5 Å². The lowest BCUT2D eigenvalue weighted by molar-refractivity contribution is -0.141. The van der Waals surface area contributed by atoms with Crippen LogP contribution in [0.3, 0.4) is 0 Å². The molecule has 2 fully saturated rings. The highest BCUT2D eigenvalue weighted by molar-refractivity contribution is 5.90. The zero-order chi connectivity index (χ0) is 47.4. The smallest absolute Gasteiger partial charge is 0.258 e. The van der Waals surface area contributed by atoms with Crippen LogP contribution in [-0.2, 0) is 59.2 Å². The number of aliphatic hydroxyl groups excluding tert-OH is 2. The fraction of sp³-hybridized carbons (Fsp3) is 0.500. The van der Waals surface area contributed by atoms with Gasteiger partial charge in [-0.2, -0.15) is 0 Å². The summed E-state index contributed by atoms with van der Waals surface area (Å²) in [5.41, 5.74) is 4.12. The van der Waals surface area contributed by atoms with Crippen LogP contribution < -0.4 is 21.8 Å². The van der Waals surface area contributed by atoms with Gasteiger partial charge in [0.1, 0.15) is 12.1 Å². The molecule has 8 rings (SSSR count). The number of hydrogen-bond donors (Lipinski definition) is 4. The maximum absolute atomic E-state index is 13.3. The Kier molecular flexibility index (Phi) is 14.7. The van der Waals surface area contributed by atoms with Gasteiger partial charge >= 0.3 is 0 Å². The number of carbonyl (C=O) groups is 4. The van der Waals surface area contributed by atoms with Gasteiger partial charge in [-0.25, -0.2) is 9.97 Å². The molecule has 0 saturated carbocycles. The molecule has 18 nitrogen and oxygen atoms in total. The normalized spacial score (nSPS) is 23.7. The van der Waals surface area contributed by atoms with E-state index in [0.717, 1.165) is 22.8 Å². The van der Waals surface area contributed by atoms with Crippen molar-refractivity contribution in [2.75, 3.05) is 26.3 Å². The third-order valence-corrected chi connectivity index (χ3v) is 13.5. The van der Waals surface area contributed by atoms with E-state index in [1.165, 1.54) is 0 Å². The van der Waals surface area contributed by atoms with Crippen LogP contribution in [-0.4, -0.2) is 110 Å². The molecule has 0 bridgehead atoms. The van der Waals surface area contributed by atoms with E-state index in [4.69, 9.17) is 0 Å². The molecular formula is C48H62N10O8. The van der Waals surface area contributed by atoms with Crippen LogP contribution in [0.5, 0.6) is 0 Å². The molecule has 4 aromatic heterocycles. The van der Waals surface area contributed by atoms with Gasteiger partial charge in [0.05, 0.1) is 36.1 Å². The number of likely N-dealkylation sites (tertiary alicyclic amines) is 2. The molecule has 66 heavy (non-hydrogen) atoms. The molecule has 18 heteroatoms. The van der Waals surface area contributed by atoms with Gasteiger partial charge in [0, 0.05) is 138 Å². The van der Waals surface area contributed by atoms with Gasteiger partial charge in [0.15, 0.2) is 0 Å². The van der Waals surface area contributed by atoms with Gasteiger partial charge < -0.3 is 48.9 Å². The molecule has 352 valence electrons. The molecule has 4 amide bonds. The minimum Gasteiger partial charge on any atom is -0.396 e. The number of imidazole rings is 2. The Balaban J connectivity index is 0.000000196. The van der Waals surface area contributed by atoms with E-state index >= 15 is 0 Å². The van der Waals surface area contributed by atoms with Crippen LogP contribution >= 0.6 is 0 Å². The number of aryl methyl sites for hydroxylation is 2. The average Bonchev–Trinajstić information content (AvgIpc) is 4.17. The number of amides is 4. The number of rotatable bonds is 14. The predicted molar refractivity (Wildman–Crippen MR) is 246 cm³/mol. The minimum atomic E-state index is -0.778. The zero-order valence-electron chi connectivity index (χ0n) is 38.5. The van der Waals surface area contributed by atoms with Gasteiger partial charge in [0.2, 0.25) is 23.6 Å². The molecule has 4 aromatic rings. The molecule has 0 unspecified atom stereocenters. The summed E-state index contributed by atoms with van der Waals surface area (Å²) in [6.45, 7) is 8.27. The van der Waals surface area contributed by atoms with Crippen LogP contribution in [0.4, 0.5) is 0 Å². The summed E-state index contributed by atoms with van der Waals surface area (Å²) in [4.78, 5) is 90.3. The predicted octanol–water partition coefficient (Wildman–Crippen LogP) is 1.75. The van der Waals surface area contributed by atoms with Crippen LogP contribution in [0.15, 0.2) is 71.1 Å². The van der Waals surface area contributed by atoms with E-state index < -0.39 is 36.0 Å². The van der Waals surface area contributed by atoms with Crippen molar-refractivity contribution in [1.29, 1.82) is 0 Å². The maximum atomic E-state index is 13.3. The lowest BCUT2D eigenvalue weighted by Crippen LogP contribution is -2.50. The van der Waals surface area contributed by atoms with Gasteiger partial charge in [0.25, 0.3) is 11.1 Å². The number of nitrogens with zero attached hydrogens (tertiary/aromatic N) is 8. The number of aromatic nitrogens is 6. The third kappa shape index (κ3) is 8.95. The fourth-order valence-electron chi connectivity index (χ4n) is 10.6. The van der Waals surface area contributed by atoms with E-state index in [1.807, 2.05) is 73.8 Å². The Bertz CT molecular complexity index is 2450. The highest BCUT2D eigenvalue weighted by Gasteiger charge is 2.58. The summed E-state index contributed by atoms with van der Waals surface area (Å²) in [6.07, 6.45) is 16.0. The van der Waals surface area contributed by atoms with Crippen molar-refractivity contribution in [3.63, 3.8) is 0 Å². The average molecular weight is 907 g/mol. The van der Waals surface area contributed by atoms with E-state index in [-0.39, 0.29) is 72.6 Å². The Labute approximate surface area is 383 Å². The van der Waals surface area contributed by atoms with Crippen molar-refractivity contribution in [2.45, 2.75) is 90.6 Å². The monoisotopic (exact) mass is 906 g/mol. The van der Waals surface area contributed by atoms with Crippen molar-refractivity contribution in [3.8, 4) is 0 Å². The van der Waals surface area contributed by atoms with E-state index in [1.54, 1.807) is 69.7 Å². The maximum Gasteiger partial charge on any atom is 0.258 e. The Hall–Kier alpha value is -6.40. The number of fused-ring (bicyclic) bond motifs is 6. The first-order valence-electron chi connectivity index (χ1n) is 22.9. The Morgan fingerprint density at radius 2 is 1.06 bits per heavy atom. The summed E-state index contributed by atoms with van der Waals surface area (Å²) in [6, 6.07) is 4.89. The lowest BCUT2D eigenvalue weighted by Gasteiger charge is -2.30. The summed E-state index contributed by atoms with van der Waals surface area (Å²) in [5, 5.41) is 26.4. The fourth-order valence-corrected chi connectivity index (χ4v) is 10.6. The number of nitrogens with one attached hydrogen (secondary N) is 2. The molecule has 0 radical (unpaired) electrons. The third-order valence-electron chi connectivity index (χ3n) is 13.5. The van der Waals surface area contributed by atoms with Gasteiger partial charge in [-0.1, -0.05) is 38.2 Å². The zero-order valence-corrected chi connectivity index (χ0v) is 38.5. The van der Waals surface area contributed by atoms with Crippen molar-refractivity contribution in [3.05, 3.63) is 116 Å². The first kappa shape index (κ1) is 47.6. The van der Waals surface area contributed by atoms with Crippen molar-refractivity contribution in [2.24, 2.45) is 37.8 Å². The molecule has 0 aromatic carbocycles. The molecule has 4 aliphatic rings. The van der Waals surface area contributed by atoms with E-state index in [0.29, 0.717) is 50.1 Å². The molecule has 4 N–H and O–H groups in total. The standard InChI is InChI=1S/2C24H31N5O4/c2*1-4-6-15-7-8-19-21-17(12-28(19)24(15)33)18(13-30)22(29(21)20(31)5-2)23(32)25-10-9-16-11-27(3)14-26-16/h2*4,6-8,11,14,17-18,21-22,30H,5,9-10,12-13H2,1-3H3,(H,25,32)/b6-4+;6-4-/t2*17-,18-,21+,22-/m00/s1. The lowest BCUT2D eigenvalue weighted by atomic mass is 9.88. The first-order valence-corrected chi connectivity index (χ1v) is 22.9. The minimum absolute atomic E-state index is 0.114. The van der Waals surface area contributed by atoms with Gasteiger partial charge in [-0.3, -0.25) is 28.8 Å². The van der Waals surface area contributed by atoms with Crippen LogP contribution in [0.25, 0.3) is 12.2 Å². The van der Waals surface area contributed by atoms with Crippen molar-refractivity contribution in [1.82, 2.24) is 48.7 Å². The number of aliphatic hydroxyl groups is 2. The van der Waals surface area contributed by atoms with Crippen LogP contribution in [0.2, 0.25) is 0 Å². The van der Waals surface area contributed by atoms with Crippen LogP contribution in [0, 0.1) is 23.7 Å². The second kappa shape index (κ2) is 20.4. The van der Waals surface area contributed by atoms with Gasteiger partial charge in [-0.15, -0.1) is 0 Å². The summed E-state index contributed by atoms with van der Waals surface area (Å²) >= 11 is 0. The quantitative estimate of drug-likeness (QED) is 0.144. The molecule has 8 heterocycles. The van der Waals surface area contributed by atoms with E-state index in [9.17, 15) is 39.0 Å².